The molecule has 5 rings (SSSR count). The van der Waals surface area contributed by atoms with Crippen molar-refractivity contribution in [3.05, 3.63) is 47.0 Å². The van der Waals surface area contributed by atoms with E-state index in [2.05, 4.69) is 25.3 Å². The van der Waals surface area contributed by atoms with E-state index < -0.39 is 17.5 Å². The summed E-state index contributed by atoms with van der Waals surface area (Å²) in [6, 6.07) is 2.91. The molecule has 4 aromatic heterocycles. The molecule has 4 heterocycles. The number of nitrogens with one attached hydrogen (secondary N) is 2. The number of aromatic amines is 1. The van der Waals surface area contributed by atoms with Crippen molar-refractivity contribution in [3.63, 3.8) is 0 Å². The van der Waals surface area contributed by atoms with Gasteiger partial charge in [0.05, 0.1) is 12.4 Å². The monoisotopic (exact) mass is 481 g/mol. The first-order valence-corrected chi connectivity index (χ1v) is 11.7. The maximum absolute atomic E-state index is 13.8. The maximum Gasteiger partial charge on any atom is 0.407 e. The van der Waals surface area contributed by atoms with Crippen molar-refractivity contribution >= 4 is 22.9 Å². The minimum absolute atomic E-state index is 0.0172. The number of carbonyl (C=O) groups is 1. The van der Waals surface area contributed by atoms with Crippen molar-refractivity contribution in [2.24, 2.45) is 5.92 Å². The summed E-state index contributed by atoms with van der Waals surface area (Å²) in [4.78, 5) is 41.0. The van der Waals surface area contributed by atoms with Crippen LogP contribution in [0.25, 0.3) is 28.3 Å². The van der Waals surface area contributed by atoms with E-state index in [1.54, 1.807) is 27.4 Å². The largest absolute Gasteiger partial charge is 0.444 e. The number of alkyl carbamates (subject to hydrolysis) is 1. The number of nitrogens with zero attached hydrogens (tertiary/aromatic N) is 5. The summed E-state index contributed by atoms with van der Waals surface area (Å²) in [7, 11) is 0. The van der Waals surface area contributed by atoms with Gasteiger partial charge >= 0.3 is 11.8 Å². The second-order valence-electron chi connectivity index (χ2n) is 10.0. The maximum atomic E-state index is 13.8. The van der Waals surface area contributed by atoms with Gasteiger partial charge in [-0.05, 0) is 64.5 Å². The molecule has 0 bridgehead atoms. The summed E-state index contributed by atoms with van der Waals surface area (Å²) in [6.45, 7) is 6.04. The van der Waals surface area contributed by atoms with Gasteiger partial charge in [-0.1, -0.05) is 0 Å². The second-order valence-corrected chi connectivity index (χ2v) is 10.0. The number of pyridine rings is 1. The lowest BCUT2D eigenvalue weighted by Gasteiger charge is -2.29. The zero-order chi connectivity index (χ0) is 24.7. The lowest BCUT2D eigenvalue weighted by Crippen LogP contribution is -2.36. The first-order chi connectivity index (χ1) is 16.7. The zero-order valence-electron chi connectivity index (χ0n) is 19.9. The summed E-state index contributed by atoms with van der Waals surface area (Å²) in [5, 5.41) is 2.85. The molecule has 2 N–H and O–H groups in total. The summed E-state index contributed by atoms with van der Waals surface area (Å²) in [5.41, 5.74) is 1.42. The molecule has 1 aliphatic carbocycles. The van der Waals surface area contributed by atoms with Crippen molar-refractivity contribution in [1.29, 1.82) is 0 Å². The third-order valence-electron chi connectivity index (χ3n) is 6.27. The van der Waals surface area contributed by atoms with Gasteiger partial charge in [0.25, 0.3) is 0 Å². The highest BCUT2D eigenvalue weighted by atomic mass is 19.1. The molecule has 0 aromatic carbocycles. The Morgan fingerprint density at radius 3 is 2.71 bits per heavy atom. The lowest BCUT2D eigenvalue weighted by atomic mass is 9.86. The number of aromatic nitrogens is 6. The molecule has 1 saturated carbocycles. The molecule has 11 heteroatoms. The van der Waals surface area contributed by atoms with Gasteiger partial charge in [0.2, 0.25) is 0 Å². The third kappa shape index (κ3) is 4.75. The highest BCUT2D eigenvalue weighted by Crippen LogP contribution is 2.33. The van der Waals surface area contributed by atoms with E-state index in [1.807, 2.05) is 20.8 Å². The van der Waals surface area contributed by atoms with E-state index in [9.17, 15) is 14.0 Å². The van der Waals surface area contributed by atoms with Crippen LogP contribution in [0.2, 0.25) is 0 Å². The molecule has 184 valence electrons. The van der Waals surface area contributed by atoms with Gasteiger partial charge in [-0.15, -0.1) is 0 Å². The van der Waals surface area contributed by atoms with Gasteiger partial charge in [-0.3, -0.25) is 8.97 Å². The molecule has 0 spiro atoms. The van der Waals surface area contributed by atoms with Gasteiger partial charge in [0, 0.05) is 18.8 Å². The van der Waals surface area contributed by atoms with Crippen LogP contribution in [-0.4, -0.2) is 47.1 Å². The zero-order valence-corrected chi connectivity index (χ0v) is 19.9. The summed E-state index contributed by atoms with van der Waals surface area (Å²) in [5.74, 6) is 0.283. The van der Waals surface area contributed by atoms with Gasteiger partial charge in [-0.25, -0.2) is 28.9 Å². The number of fused-ring (bicyclic) bond motifs is 2. The highest BCUT2D eigenvalue weighted by Gasteiger charge is 2.27. The fourth-order valence-electron chi connectivity index (χ4n) is 4.65. The Morgan fingerprint density at radius 1 is 1.20 bits per heavy atom. The van der Waals surface area contributed by atoms with Crippen LogP contribution in [0.5, 0.6) is 0 Å². The van der Waals surface area contributed by atoms with Gasteiger partial charge in [0.15, 0.2) is 11.5 Å². The Balaban J connectivity index is 1.34. The van der Waals surface area contributed by atoms with E-state index >= 15 is 0 Å². The predicted molar refractivity (Wildman–Crippen MR) is 128 cm³/mol. The average Bonchev–Trinajstić information content (AvgIpc) is 3.36. The van der Waals surface area contributed by atoms with Gasteiger partial charge < -0.3 is 15.0 Å². The first kappa shape index (κ1) is 23.0. The minimum Gasteiger partial charge on any atom is -0.444 e. The van der Waals surface area contributed by atoms with Crippen LogP contribution < -0.4 is 11.0 Å². The SMILES string of the molecule is CC(C)(C)OC(=O)NC[C@H]1CC[C@H](n2c(=O)[nH]c3cnc(-c4cnc5ccc(F)cn45)nc32)CC1. The van der Waals surface area contributed by atoms with Crippen LogP contribution in [0.15, 0.2) is 35.5 Å². The second kappa shape index (κ2) is 8.79. The summed E-state index contributed by atoms with van der Waals surface area (Å²) >= 11 is 0. The van der Waals surface area contributed by atoms with E-state index in [0.717, 1.165) is 25.7 Å². The van der Waals surface area contributed by atoms with Gasteiger partial charge in [-0.2, -0.15) is 0 Å². The van der Waals surface area contributed by atoms with Crippen LogP contribution >= 0.6 is 0 Å². The molecular formula is C24H28FN7O3. The van der Waals surface area contributed by atoms with E-state index in [1.165, 1.54) is 12.3 Å². The van der Waals surface area contributed by atoms with E-state index in [-0.39, 0.29) is 11.7 Å². The van der Waals surface area contributed by atoms with Crippen LogP contribution in [0.1, 0.15) is 52.5 Å². The van der Waals surface area contributed by atoms with Gasteiger partial charge in [0.1, 0.15) is 28.3 Å². The standard InChI is InChI=1S/C24H28FN7O3/c1-24(2,3)35-23(34)28-10-14-4-7-16(8-5-14)32-21-17(29-22(32)33)11-27-20(30-21)18-12-26-19-9-6-15(25)13-31(18)19/h6,9,11-14,16H,4-5,7-8,10H2,1-3H3,(H,28,34)(H,29,33)/t14-,16-. The fourth-order valence-corrected chi connectivity index (χ4v) is 4.65. The molecule has 4 aromatic rings. The third-order valence-corrected chi connectivity index (χ3v) is 6.27. The minimum atomic E-state index is -0.531. The van der Waals surface area contributed by atoms with Crippen LogP contribution in [-0.2, 0) is 4.74 Å². The molecule has 0 unspecified atom stereocenters. The van der Waals surface area contributed by atoms with E-state index in [0.29, 0.717) is 40.8 Å². The number of amides is 1. The van der Waals surface area contributed by atoms with Crippen LogP contribution in [0.4, 0.5) is 9.18 Å². The summed E-state index contributed by atoms with van der Waals surface area (Å²) < 4.78 is 22.4. The molecule has 1 fully saturated rings. The highest BCUT2D eigenvalue weighted by molar-refractivity contribution is 5.72. The number of imidazole rings is 2. The molecule has 35 heavy (non-hydrogen) atoms. The van der Waals surface area contributed by atoms with Crippen molar-refractivity contribution < 1.29 is 13.9 Å². The molecule has 10 nitrogen and oxygen atoms in total. The van der Waals surface area contributed by atoms with Crippen molar-refractivity contribution in [2.75, 3.05) is 6.54 Å². The van der Waals surface area contributed by atoms with Crippen molar-refractivity contribution in [2.45, 2.75) is 58.1 Å². The van der Waals surface area contributed by atoms with Crippen molar-refractivity contribution in [3.8, 4) is 11.5 Å². The molecule has 1 amide bonds. The van der Waals surface area contributed by atoms with E-state index in [4.69, 9.17) is 4.74 Å². The molecule has 0 atom stereocenters. The van der Waals surface area contributed by atoms with Crippen LogP contribution in [0, 0.1) is 11.7 Å². The number of carbonyl (C=O) groups excluding carboxylic acids is 1. The number of rotatable bonds is 4. The van der Waals surface area contributed by atoms with Crippen molar-refractivity contribution in [1.82, 2.24) is 34.2 Å². The first-order valence-electron chi connectivity index (χ1n) is 11.7. The number of hydrogen-bond acceptors (Lipinski definition) is 6. The summed E-state index contributed by atoms with van der Waals surface area (Å²) in [6.07, 6.45) is 7.39. The Bertz CT molecular complexity index is 1440. The smallest absolute Gasteiger partial charge is 0.407 e. The van der Waals surface area contributed by atoms with Crippen LogP contribution in [0.3, 0.4) is 0 Å². The quantitative estimate of drug-likeness (QED) is 0.457. The Hall–Kier alpha value is -3.76. The normalized spacial score (nSPS) is 18.7. The Labute approximate surface area is 200 Å². The molecule has 1 aliphatic rings. The lowest BCUT2D eigenvalue weighted by molar-refractivity contribution is 0.0513. The molecule has 0 saturated heterocycles. The number of H-pyrrole nitrogens is 1. The number of halogens is 1. The Kier molecular flexibility index (Phi) is 5.78. The topological polar surface area (TPSA) is 119 Å². The fraction of sp³-hybridized carbons (Fsp3) is 0.458. The predicted octanol–water partition coefficient (Wildman–Crippen LogP) is 3.83. The Morgan fingerprint density at radius 2 is 1.97 bits per heavy atom. The molecular weight excluding hydrogens is 453 g/mol. The number of ether oxygens (including phenoxy) is 1. The average molecular weight is 482 g/mol. The number of hydrogen-bond donors (Lipinski definition) is 2. The molecule has 0 aliphatic heterocycles. The molecule has 0 radical (unpaired) electrons.